The zero-order valence-corrected chi connectivity index (χ0v) is 13.6. The number of aryl methyl sites for hydroxylation is 1. The molecule has 128 valence electrons. The molecular weight excluding hydrogens is 323 g/mol. The summed E-state index contributed by atoms with van der Waals surface area (Å²) in [5.41, 5.74) is 7.54. The van der Waals surface area contributed by atoms with Gasteiger partial charge in [-0.05, 0) is 42.3 Å². The van der Waals surface area contributed by atoms with Gasteiger partial charge in [0.15, 0.2) is 0 Å². The Kier molecular flexibility index (Phi) is 4.79. The number of carbonyl (C=O) groups is 2. The minimum absolute atomic E-state index is 0.0716. The lowest BCUT2D eigenvalue weighted by molar-refractivity contribution is -0.121. The molecule has 25 heavy (non-hydrogen) atoms. The molecule has 6 heteroatoms. The first kappa shape index (κ1) is 16.7. The van der Waals surface area contributed by atoms with Crippen LogP contribution in [-0.2, 0) is 17.6 Å². The van der Waals surface area contributed by atoms with Crippen LogP contribution in [0.15, 0.2) is 53.1 Å². The van der Waals surface area contributed by atoms with Gasteiger partial charge in [0.05, 0.1) is 12.7 Å². The van der Waals surface area contributed by atoms with Gasteiger partial charge in [-0.2, -0.15) is 0 Å². The summed E-state index contributed by atoms with van der Waals surface area (Å²) < 4.78 is 18.3. The van der Waals surface area contributed by atoms with Crippen LogP contribution < -0.4 is 10.9 Å². The second kappa shape index (κ2) is 7.17. The van der Waals surface area contributed by atoms with Gasteiger partial charge < -0.3 is 4.42 Å². The molecule has 2 N–H and O–H groups in total. The van der Waals surface area contributed by atoms with Gasteiger partial charge in [0.2, 0.25) is 5.91 Å². The van der Waals surface area contributed by atoms with Crippen LogP contribution in [-0.4, -0.2) is 11.8 Å². The van der Waals surface area contributed by atoms with Crippen LogP contribution in [0.1, 0.15) is 28.4 Å². The number of halogens is 1. The fraction of sp³-hybridized carbons (Fsp3) is 0.158. The monoisotopic (exact) mass is 340 g/mol. The summed E-state index contributed by atoms with van der Waals surface area (Å²) in [5.74, 6) is -1.32. The highest BCUT2D eigenvalue weighted by molar-refractivity contribution is 5.96. The van der Waals surface area contributed by atoms with Gasteiger partial charge in [0.25, 0.3) is 5.91 Å². The molecule has 0 atom stereocenters. The third-order valence-corrected chi connectivity index (χ3v) is 3.90. The number of nitrogens with one attached hydrogen (secondary N) is 2. The average molecular weight is 340 g/mol. The Morgan fingerprint density at radius 3 is 2.56 bits per heavy atom. The van der Waals surface area contributed by atoms with E-state index in [1.54, 1.807) is 6.26 Å². The van der Waals surface area contributed by atoms with Crippen molar-refractivity contribution in [2.45, 2.75) is 19.8 Å². The minimum atomic E-state index is -0.516. The molecular formula is C19H17FN2O3. The minimum Gasteiger partial charge on any atom is -0.464 e. The second-order valence-corrected chi connectivity index (χ2v) is 5.63. The molecule has 0 radical (unpaired) electrons. The van der Waals surface area contributed by atoms with E-state index in [1.807, 2.05) is 18.2 Å². The van der Waals surface area contributed by atoms with E-state index in [0.717, 1.165) is 28.5 Å². The summed E-state index contributed by atoms with van der Waals surface area (Å²) in [4.78, 5) is 23.9. The van der Waals surface area contributed by atoms with Crippen LogP contribution >= 0.6 is 0 Å². The van der Waals surface area contributed by atoms with E-state index < -0.39 is 11.7 Å². The topological polar surface area (TPSA) is 71.3 Å². The summed E-state index contributed by atoms with van der Waals surface area (Å²) in [7, 11) is 0. The molecule has 0 bridgehead atoms. The Morgan fingerprint density at radius 1 is 1.08 bits per heavy atom. The van der Waals surface area contributed by atoms with Crippen LogP contribution in [0.25, 0.3) is 11.0 Å². The Labute approximate surface area is 143 Å². The van der Waals surface area contributed by atoms with Crippen molar-refractivity contribution in [3.63, 3.8) is 0 Å². The van der Waals surface area contributed by atoms with Crippen molar-refractivity contribution in [3.05, 3.63) is 71.2 Å². The smallest absolute Gasteiger partial charge is 0.269 e. The lowest BCUT2D eigenvalue weighted by atomic mass is 10.1. The van der Waals surface area contributed by atoms with E-state index in [9.17, 15) is 14.0 Å². The van der Waals surface area contributed by atoms with E-state index in [-0.39, 0.29) is 17.9 Å². The van der Waals surface area contributed by atoms with Crippen molar-refractivity contribution in [1.82, 2.24) is 10.9 Å². The molecule has 0 saturated heterocycles. The molecule has 5 nitrogen and oxygen atoms in total. The van der Waals surface area contributed by atoms with Crippen LogP contribution in [0.3, 0.4) is 0 Å². The van der Waals surface area contributed by atoms with Gasteiger partial charge in [-0.15, -0.1) is 0 Å². The quantitative estimate of drug-likeness (QED) is 0.717. The predicted molar refractivity (Wildman–Crippen MR) is 91.3 cm³/mol. The molecule has 1 aromatic heterocycles. The summed E-state index contributed by atoms with van der Waals surface area (Å²) >= 11 is 0. The van der Waals surface area contributed by atoms with Gasteiger partial charge in [0, 0.05) is 16.5 Å². The van der Waals surface area contributed by atoms with Crippen LogP contribution in [0, 0.1) is 5.82 Å². The number of furan rings is 1. The maximum Gasteiger partial charge on any atom is 0.269 e. The standard InChI is InChI=1S/C19H17FN2O3/c1-2-12-3-8-16-14(11-25-17(16)9-12)10-18(23)21-22-19(24)13-4-6-15(20)7-5-13/h3-9,11H,2,10H2,1H3,(H,21,23)(H,22,24). The number of hydrazine groups is 1. The first-order chi connectivity index (χ1) is 12.1. The zero-order chi connectivity index (χ0) is 17.8. The molecule has 2 aromatic carbocycles. The second-order valence-electron chi connectivity index (χ2n) is 5.63. The highest BCUT2D eigenvalue weighted by atomic mass is 19.1. The molecule has 0 aliphatic heterocycles. The predicted octanol–water partition coefficient (Wildman–Crippen LogP) is 3.14. The molecule has 1 heterocycles. The van der Waals surface area contributed by atoms with E-state index in [1.165, 1.54) is 24.3 Å². The van der Waals surface area contributed by atoms with E-state index >= 15 is 0 Å². The highest BCUT2D eigenvalue weighted by Gasteiger charge is 2.12. The van der Waals surface area contributed by atoms with Crippen molar-refractivity contribution in [2.75, 3.05) is 0 Å². The third kappa shape index (κ3) is 3.85. The van der Waals surface area contributed by atoms with Crippen LogP contribution in [0.2, 0.25) is 0 Å². The maximum atomic E-state index is 12.8. The number of amides is 2. The van der Waals surface area contributed by atoms with Gasteiger partial charge >= 0.3 is 0 Å². The molecule has 2 amide bonds. The van der Waals surface area contributed by atoms with E-state index in [4.69, 9.17) is 4.42 Å². The van der Waals surface area contributed by atoms with Crippen molar-refractivity contribution < 1.29 is 18.4 Å². The molecule has 0 spiro atoms. The van der Waals surface area contributed by atoms with Crippen LogP contribution in [0.5, 0.6) is 0 Å². The number of hydrogen-bond acceptors (Lipinski definition) is 3. The summed E-state index contributed by atoms with van der Waals surface area (Å²) in [6.45, 7) is 2.06. The normalized spacial score (nSPS) is 10.6. The number of carbonyl (C=O) groups excluding carboxylic acids is 2. The van der Waals surface area contributed by atoms with E-state index in [0.29, 0.717) is 0 Å². The van der Waals surface area contributed by atoms with Crippen molar-refractivity contribution in [2.24, 2.45) is 0 Å². The maximum absolute atomic E-state index is 12.8. The Morgan fingerprint density at radius 2 is 1.84 bits per heavy atom. The fourth-order valence-corrected chi connectivity index (χ4v) is 2.50. The van der Waals surface area contributed by atoms with E-state index in [2.05, 4.69) is 17.8 Å². The number of hydrogen-bond donors (Lipinski definition) is 2. The average Bonchev–Trinajstić information content (AvgIpc) is 3.02. The highest BCUT2D eigenvalue weighted by Crippen LogP contribution is 2.23. The lowest BCUT2D eigenvalue weighted by Gasteiger charge is -2.07. The number of fused-ring (bicyclic) bond motifs is 1. The van der Waals surface area contributed by atoms with Crippen molar-refractivity contribution in [1.29, 1.82) is 0 Å². The zero-order valence-electron chi connectivity index (χ0n) is 13.6. The molecule has 0 saturated carbocycles. The first-order valence-corrected chi connectivity index (χ1v) is 7.90. The number of rotatable bonds is 4. The Hall–Kier alpha value is -3.15. The third-order valence-electron chi connectivity index (χ3n) is 3.90. The number of benzene rings is 2. The Balaban J connectivity index is 1.61. The molecule has 0 aliphatic carbocycles. The largest absolute Gasteiger partial charge is 0.464 e. The SMILES string of the molecule is CCc1ccc2c(CC(=O)NNC(=O)c3ccc(F)cc3)coc2c1. The molecule has 3 aromatic rings. The fourth-order valence-electron chi connectivity index (χ4n) is 2.50. The summed E-state index contributed by atoms with van der Waals surface area (Å²) in [6, 6.07) is 10.9. The van der Waals surface area contributed by atoms with Gasteiger partial charge in [-0.1, -0.05) is 19.1 Å². The lowest BCUT2D eigenvalue weighted by Crippen LogP contribution is -2.42. The summed E-state index contributed by atoms with van der Waals surface area (Å²) in [6.07, 6.45) is 2.52. The van der Waals surface area contributed by atoms with Gasteiger partial charge in [-0.25, -0.2) is 4.39 Å². The van der Waals surface area contributed by atoms with Crippen molar-refractivity contribution in [3.8, 4) is 0 Å². The Bertz CT molecular complexity index is 916. The summed E-state index contributed by atoms with van der Waals surface area (Å²) in [5, 5.41) is 0.872. The van der Waals surface area contributed by atoms with Crippen LogP contribution in [0.4, 0.5) is 4.39 Å². The van der Waals surface area contributed by atoms with Gasteiger partial charge in [-0.3, -0.25) is 20.4 Å². The molecule has 0 aliphatic rings. The molecule has 0 fully saturated rings. The molecule has 0 unspecified atom stereocenters. The van der Waals surface area contributed by atoms with Gasteiger partial charge in [0.1, 0.15) is 11.4 Å². The first-order valence-electron chi connectivity index (χ1n) is 7.90. The molecule has 3 rings (SSSR count). The van der Waals surface area contributed by atoms with Crippen molar-refractivity contribution >= 4 is 22.8 Å².